The number of amides is 1. The van der Waals surface area contributed by atoms with E-state index in [1.807, 2.05) is 61.3 Å². The van der Waals surface area contributed by atoms with E-state index in [0.29, 0.717) is 61.4 Å². The van der Waals surface area contributed by atoms with Gasteiger partial charge in [-0.2, -0.15) is 4.98 Å². The van der Waals surface area contributed by atoms with Crippen molar-refractivity contribution in [2.75, 3.05) is 53.4 Å². The van der Waals surface area contributed by atoms with Crippen molar-refractivity contribution in [3.05, 3.63) is 83.8 Å². The van der Waals surface area contributed by atoms with Crippen LogP contribution in [0.1, 0.15) is 22.8 Å². The van der Waals surface area contributed by atoms with E-state index in [4.69, 9.17) is 11.6 Å². The summed E-state index contributed by atoms with van der Waals surface area (Å²) < 4.78 is 0. The van der Waals surface area contributed by atoms with Gasteiger partial charge < -0.3 is 26.2 Å². The van der Waals surface area contributed by atoms with Crippen LogP contribution in [0.3, 0.4) is 0 Å². The van der Waals surface area contributed by atoms with E-state index in [2.05, 4.69) is 32.7 Å². The Morgan fingerprint density at radius 3 is 2.75 bits per heavy atom. The van der Waals surface area contributed by atoms with E-state index in [0.717, 1.165) is 5.69 Å². The summed E-state index contributed by atoms with van der Waals surface area (Å²) in [6, 6.07) is 17.6. The fraction of sp³-hybridized carbons (Fsp3) is 0.269. The third-order valence-corrected chi connectivity index (χ3v) is 5.85. The number of fused-ring (bicyclic) bond motifs is 1. The summed E-state index contributed by atoms with van der Waals surface area (Å²) in [4.78, 5) is 26.0. The van der Waals surface area contributed by atoms with Crippen LogP contribution < -0.4 is 37.0 Å². The van der Waals surface area contributed by atoms with Gasteiger partial charge in [-0.25, -0.2) is 10.8 Å². The van der Waals surface area contributed by atoms with Gasteiger partial charge in [0.05, 0.1) is 5.69 Å². The average Bonchev–Trinajstić information content (AvgIpc) is 3.01. The average molecular weight is 488 g/mol. The molecular formula is C26H33N9O. The van der Waals surface area contributed by atoms with Crippen molar-refractivity contribution in [2.24, 2.45) is 11.6 Å². The lowest BCUT2D eigenvalue weighted by atomic mass is 10.2. The van der Waals surface area contributed by atoms with E-state index in [-0.39, 0.29) is 5.91 Å². The van der Waals surface area contributed by atoms with Gasteiger partial charge in [-0.1, -0.05) is 36.4 Å². The molecular weight excluding hydrogens is 454 g/mol. The molecule has 0 radical (unpaired) electrons. The van der Waals surface area contributed by atoms with Crippen molar-refractivity contribution in [3.8, 4) is 0 Å². The summed E-state index contributed by atoms with van der Waals surface area (Å²) in [6.07, 6.45) is 3.27. The summed E-state index contributed by atoms with van der Waals surface area (Å²) in [7, 11) is 1.93. The minimum atomic E-state index is -0.154. The van der Waals surface area contributed by atoms with Crippen LogP contribution in [0.4, 0.5) is 23.1 Å². The Morgan fingerprint density at radius 2 is 1.97 bits per heavy atom. The number of hydrogen-bond donors (Lipinski definition) is 4. The van der Waals surface area contributed by atoms with Gasteiger partial charge in [-0.15, -0.1) is 0 Å². The highest BCUT2D eigenvalue weighted by molar-refractivity contribution is 6.09. The van der Waals surface area contributed by atoms with Gasteiger partial charge in [-0.05, 0) is 30.7 Å². The fourth-order valence-electron chi connectivity index (χ4n) is 3.97. The van der Waals surface area contributed by atoms with Crippen molar-refractivity contribution in [1.82, 2.24) is 15.3 Å². The Kier molecular flexibility index (Phi) is 7.99. The molecule has 0 atom stereocenters. The molecule has 0 bridgehead atoms. The zero-order valence-electron chi connectivity index (χ0n) is 20.7. The van der Waals surface area contributed by atoms with E-state index in [1.165, 1.54) is 10.6 Å². The Hall–Kier alpha value is -4.15. The largest absolute Gasteiger partial charge is 0.400 e. The molecule has 10 nitrogen and oxygen atoms in total. The van der Waals surface area contributed by atoms with Crippen LogP contribution in [0.5, 0.6) is 0 Å². The van der Waals surface area contributed by atoms with Gasteiger partial charge in [0, 0.05) is 63.6 Å². The van der Waals surface area contributed by atoms with Crippen LogP contribution in [-0.4, -0.2) is 49.1 Å². The second-order valence-corrected chi connectivity index (χ2v) is 8.56. The van der Waals surface area contributed by atoms with Crippen LogP contribution in [0, 0.1) is 0 Å². The molecule has 1 amide bonds. The first-order chi connectivity index (χ1) is 17.5. The van der Waals surface area contributed by atoms with Crippen molar-refractivity contribution >= 4 is 29.0 Å². The molecule has 0 saturated heterocycles. The maximum absolute atomic E-state index is 13.5. The Bertz CT molecular complexity index is 1220. The number of carbonyl (C=O) groups is 1. The number of aromatic nitrogens is 2. The molecule has 3 aromatic rings. The molecule has 1 aliphatic rings. The molecule has 10 heteroatoms. The van der Waals surface area contributed by atoms with Crippen molar-refractivity contribution in [2.45, 2.75) is 13.5 Å². The highest BCUT2D eigenvalue weighted by atomic mass is 16.2. The molecule has 2 aromatic carbocycles. The molecule has 6 N–H and O–H groups in total. The molecule has 2 heterocycles. The Balaban J connectivity index is 1.47. The first-order valence-corrected chi connectivity index (χ1v) is 11.9. The summed E-state index contributed by atoms with van der Waals surface area (Å²) >= 11 is 0. The van der Waals surface area contributed by atoms with Gasteiger partial charge in [0.1, 0.15) is 11.4 Å². The molecule has 188 valence electrons. The summed E-state index contributed by atoms with van der Waals surface area (Å²) in [5, 5.41) is 7.88. The molecule has 0 unspecified atom stereocenters. The zero-order valence-corrected chi connectivity index (χ0v) is 20.7. The SMILES string of the molecule is CCNc1ncc2c(n1)N(C)CCN(c1cccc(N(N)/C=C(\N)CNCc3ccccc3)c1)C2=O. The minimum absolute atomic E-state index is 0.154. The number of nitrogens with zero attached hydrogens (tertiary/aromatic N) is 5. The number of rotatable bonds is 9. The highest BCUT2D eigenvalue weighted by Crippen LogP contribution is 2.28. The number of anilines is 4. The quantitative estimate of drug-likeness (QED) is 0.265. The molecule has 0 spiro atoms. The number of carbonyl (C=O) groups excluding carboxylic acids is 1. The second-order valence-electron chi connectivity index (χ2n) is 8.56. The lowest BCUT2D eigenvalue weighted by molar-refractivity contribution is 0.0989. The van der Waals surface area contributed by atoms with Gasteiger partial charge in [0.2, 0.25) is 5.95 Å². The second kappa shape index (κ2) is 11.5. The number of nitrogens with two attached hydrogens (primary N) is 2. The highest BCUT2D eigenvalue weighted by Gasteiger charge is 2.28. The first-order valence-electron chi connectivity index (χ1n) is 11.9. The van der Waals surface area contributed by atoms with E-state index in [9.17, 15) is 4.79 Å². The van der Waals surface area contributed by atoms with Crippen LogP contribution in [0.2, 0.25) is 0 Å². The van der Waals surface area contributed by atoms with E-state index < -0.39 is 0 Å². The summed E-state index contributed by atoms with van der Waals surface area (Å²) in [5.41, 5.74) is 9.87. The van der Waals surface area contributed by atoms with E-state index >= 15 is 0 Å². The third-order valence-electron chi connectivity index (χ3n) is 5.85. The maximum atomic E-state index is 13.5. The number of nitrogens with one attached hydrogen (secondary N) is 2. The molecule has 4 rings (SSSR count). The van der Waals surface area contributed by atoms with Gasteiger partial charge in [-0.3, -0.25) is 9.80 Å². The van der Waals surface area contributed by atoms with Crippen LogP contribution >= 0.6 is 0 Å². The number of hydrazine groups is 1. The first kappa shape index (κ1) is 25.0. The topological polar surface area (TPSA) is 129 Å². The Labute approximate surface area is 211 Å². The molecule has 0 fully saturated rings. The van der Waals surface area contributed by atoms with Gasteiger partial charge >= 0.3 is 0 Å². The molecule has 1 aliphatic heterocycles. The normalized spacial score (nSPS) is 13.9. The third kappa shape index (κ3) is 5.91. The predicted octanol–water partition coefficient (Wildman–Crippen LogP) is 2.28. The van der Waals surface area contributed by atoms with Crippen molar-refractivity contribution < 1.29 is 4.79 Å². The van der Waals surface area contributed by atoms with Crippen molar-refractivity contribution in [3.63, 3.8) is 0 Å². The number of hydrogen-bond acceptors (Lipinski definition) is 9. The fourth-order valence-corrected chi connectivity index (χ4v) is 3.97. The van der Waals surface area contributed by atoms with Crippen molar-refractivity contribution in [1.29, 1.82) is 0 Å². The number of benzene rings is 2. The standard InChI is InChI=1S/C26H33N9O/c1-3-30-26-31-17-23-24(32-26)33(2)12-13-34(25(23)36)21-10-7-11-22(14-21)35(28)18-20(27)16-29-15-19-8-5-4-6-9-19/h4-11,14,17-18,29H,3,12-13,15-16,27-28H2,1-2H3,(H,30,31,32)/b20-18-. The lowest BCUT2D eigenvalue weighted by Crippen LogP contribution is -2.34. The Morgan fingerprint density at radius 1 is 1.17 bits per heavy atom. The zero-order chi connectivity index (χ0) is 25.5. The van der Waals surface area contributed by atoms with Gasteiger partial charge in [0.15, 0.2) is 0 Å². The van der Waals surface area contributed by atoms with Gasteiger partial charge in [0.25, 0.3) is 5.91 Å². The smallest absolute Gasteiger partial charge is 0.263 e. The maximum Gasteiger partial charge on any atom is 0.263 e. The molecule has 1 aromatic heterocycles. The molecule has 0 aliphatic carbocycles. The van der Waals surface area contributed by atoms with Crippen LogP contribution in [0.15, 0.2) is 72.7 Å². The molecule has 36 heavy (non-hydrogen) atoms. The van der Waals surface area contributed by atoms with Crippen LogP contribution in [0.25, 0.3) is 0 Å². The molecule has 0 saturated carbocycles. The summed E-state index contributed by atoms with van der Waals surface area (Å²) in [6.45, 7) is 5.00. The summed E-state index contributed by atoms with van der Waals surface area (Å²) in [5.74, 6) is 7.26. The van der Waals surface area contributed by atoms with Crippen LogP contribution in [-0.2, 0) is 6.54 Å². The van der Waals surface area contributed by atoms with E-state index in [1.54, 1.807) is 17.3 Å². The lowest BCUT2D eigenvalue weighted by Gasteiger charge is -2.23. The number of likely N-dealkylation sites (N-methyl/N-ethyl adjacent to an activating group) is 1. The minimum Gasteiger partial charge on any atom is -0.400 e. The monoisotopic (exact) mass is 487 g/mol. The predicted molar refractivity (Wildman–Crippen MR) is 145 cm³/mol.